The van der Waals surface area contributed by atoms with Crippen LogP contribution in [0.15, 0.2) is 36.4 Å². The summed E-state index contributed by atoms with van der Waals surface area (Å²) in [5.41, 5.74) is 5.42. The number of nitrogens with zero attached hydrogens (tertiary/aromatic N) is 7. The number of benzene rings is 1. The molecule has 3 atom stereocenters. The number of rotatable bonds is 8. The molecule has 238 valence electrons. The lowest BCUT2D eigenvalue weighted by molar-refractivity contribution is -0.128. The normalized spacial score (nSPS) is 26.8. The predicted molar refractivity (Wildman–Crippen MR) is 174 cm³/mol. The first kappa shape index (κ1) is 30.2. The highest BCUT2D eigenvalue weighted by atomic mass is 16.5. The van der Waals surface area contributed by atoms with Crippen LogP contribution in [0.3, 0.4) is 0 Å². The van der Waals surface area contributed by atoms with Gasteiger partial charge in [-0.3, -0.25) is 9.69 Å². The standard InChI is InChI=1S/C36H47N7O2/c1-40-18-6-9-29(40)26-45-35-38-32-24-36(15-12-27-8-2-3-10-31(27)36)16-13-30(32)34(39-35)42-22-23-43(28(25-42)14-17-37)33(44)11-7-21-41-19-4-5-20-41/h2-3,7-8,10-11,28-29H,4-6,9,12-16,18-26H2,1H3/b11-7+/t28-,29-,36+/m0/s1. The van der Waals surface area contributed by atoms with Gasteiger partial charge < -0.3 is 19.4 Å². The molecule has 5 aliphatic rings. The number of piperazine rings is 1. The maximum atomic E-state index is 13.3. The third-order valence-electron chi connectivity index (χ3n) is 11.2. The molecule has 3 saturated heterocycles. The lowest BCUT2D eigenvalue weighted by Gasteiger charge is -2.42. The van der Waals surface area contributed by atoms with Gasteiger partial charge in [0.1, 0.15) is 12.4 Å². The molecule has 1 amide bonds. The summed E-state index contributed by atoms with van der Waals surface area (Å²) in [6, 6.07) is 12.0. The van der Waals surface area contributed by atoms with E-state index in [1.165, 1.54) is 36.0 Å². The van der Waals surface area contributed by atoms with Crippen molar-refractivity contribution in [2.24, 2.45) is 0 Å². The maximum absolute atomic E-state index is 13.3. The first-order valence-corrected chi connectivity index (χ1v) is 17.2. The van der Waals surface area contributed by atoms with Crippen LogP contribution >= 0.6 is 0 Å². The zero-order chi connectivity index (χ0) is 30.8. The van der Waals surface area contributed by atoms with Gasteiger partial charge in [0.15, 0.2) is 0 Å². The summed E-state index contributed by atoms with van der Waals surface area (Å²) >= 11 is 0. The lowest BCUT2D eigenvalue weighted by atomic mass is 9.69. The molecule has 9 heteroatoms. The van der Waals surface area contributed by atoms with Crippen molar-refractivity contribution in [3.05, 3.63) is 58.8 Å². The lowest BCUT2D eigenvalue weighted by Crippen LogP contribution is -2.55. The van der Waals surface area contributed by atoms with Crippen molar-refractivity contribution >= 4 is 11.7 Å². The highest BCUT2D eigenvalue weighted by molar-refractivity contribution is 5.88. The molecule has 3 fully saturated rings. The van der Waals surface area contributed by atoms with Gasteiger partial charge in [-0.15, -0.1) is 0 Å². The van der Waals surface area contributed by atoms with E-state index in [1.54, 1.807) is 6.08 Å². The van der Waals surface area contributed by atoms with E-state index < -0.39 is 0 Å². The van der Waals surface area contributed by atoms with Gasteiger partial charge in [0.05, 0.1) is 24.2 Å². The molecular weight excluding hydrogens is 562 g/mol. The van der Waals surface area contributed by atoms with Crippen molar-refractivity contribution in [1.29, 1.82) is 5.26 Å². The fourth-order valence-electron chi connectivity index (χ4n) is 8.55. The molecule has 0 saturated carbocycles. The van der Waals surface area contributed by atoms with Gasteiger partial charge in [0, 0.05) is 49.3 Å². The monoisotopic (exact) mass is 609 g/mol. The molecule has 0 N–H and O–H groups in total. The number of anilines is 1. The molecule has 7 rings (SSSR count). The Bertz CT molecular complexity index is 1460. The van der Waals surface area contributed by atoms with Crippen molar-refractivity contribution in [3.8, 4) is 12.1 Å². The average molecular weight is 610 g/mol. The molecule has 0 unspecified atom stereocenters. The number of aromatic nitrogens is 2. The van der Waals surface area contributed by atoms with Crippen LogP contribution in [0.2, 0.25) is 0 Å². The van der Waals surface area contributed by atoms with Gasteiger partial charge in [-0.05, 0) is 95.6 Å². The quantitative estimate of drug-likeness (QED) is 0.417. The highest BCUT2D eigenvalue weighted by Crippen LogP contribution is 2.48. The SMILES string of the molecule is CN1CCC[C@H]1COc1nc2c(c(N3CCN(C(=O)/C=C/CN4CCCC4)[C@@H](CC#N)C3)n1)CC[C@]1(CCc3ccccc31)C2. The minimum Gasteiger partial charge on any atom is -0.462 e. The van der Waals surface area contributed by atoms with E-state index in [0.29, 0.717) is 44.7 Å². The molecule has 2 aromatic rings. The van der Waals surface area contributed by atoms with Crippen LogP contribution in [-0.4, -0.2) is 102 Å². The Hall–Kier alpha value is -3.48. The number of likely N-dealkylation sites (tertiary alicyclic amines) is 2. The molecule has 0 radical (unpaired) electrons. The Labute approximate surface area is 267 Å². The Morgan fingerprint density at radius 3 is 2.73 bits per heavy atom. The van der Waals surface area contributed by atoms with Crippen LogP contribution in [0, 0.1) is 11.3 Å². The first-order valence-electron chi connectivity index (χ1n) is 17.2. The van der Waals surface area contributed by atoms with Gasteiger partial charge in [-0.25, -0.2) is 0 Å². The summed E-state index contributed by atoms with van der Waals surface area (Å²) in [7, 11) is 2.17. The zero-order valence-corrected chi connectivity index (χ0v) is 26.8. The number of likely N-dealkylation sites (N-methyl/N-ethyl adjacent to an activating group) is 1. The number of carbonyl (C=O) groups excluding carboxylic acids is 1. The second-order valence-corrected chi connectivity index (χ2v) is 13.9. The van der Waals surface area contributed by atoms with E-state index >= 15 is 0 Å². The Kier molecular flexibility index (Phi) is 8.78. The zero-order valence-electron chi connectivity index (χ0n) is 26.8. The fourth-order valence-corrected chi connectivity index (χ4v) is 8.55. The number of hydrogen-bond acceptors (Lipinski definition) is 8. The van der Waals surface area contributed by atoms with Crippen molar-refractivity contribution in [3.63, 3.8) is 0 Å². The van der Waals surface area contributed by atoms with Crippen LogP contribution < -0.4 is 9.64 Å². The molecule has 4 heterocycles. The number of ether oxygens (including phenoxy) is 1. The van der Waals surface area contributed by atoms with E-state index in [4.69, 9.17) is 14.7 Å². The van der Waals surface area contributed by atoms with Crippen LogP contribution in [0.5, 0.6) is 6.01 Å². The molecule has 1 aromatic heterocycles. The van der Waals surface area contributed by atoms with E-state index in [1.807, 2.05) is 11.0 Å². The van der Waals surface area contributed by atoms with Crippen LogP contribution in [-0.2, 0) is 29.5 Å². The van der Waals surface area contributed by atoms with E-state index in [0.717, 1.165) is 76.2 Å². The summed E-state index contributed by atoms with van der Waals surface area (Å²) in [5, 5.41) is 9.74. The number of carbonyl (C=O) groups is 1. The summed E-state index contributed by atoms with van der Waals surface area (Å²) in [5.74, 6) is 0.945. The number of aryl methyl sites for hydroxylation is 1. The molecule has 2 aliphatic carbocycles. The van der Waals surface area contributed by atoms with Crippen molar-refractivity contribution in [1.82, 2.24) is 24.7 Å². The van der Waals surface area contributed by atoms with Crippen molar-refractivity contribution in [2.75, 3.05) is 64.4 Å². The summed E-state index contributed by atoms with van der Waals surface area (Å²) in [6.07, 6.45) is 14.0. The minimum atomic E-state index is -0.188. The molecular formula is C36H47N7O2. The second kappa shape index (κ2) is 13.1. The Morgan fingerprint density at radius 1 is 1.07 bits per heavy atom. The molecule has 3 aliphatic heterocycles. The fraction of sp³-hybridized carbons (Fsp3) is 0.611. The van der Waals surface area contributed by atoms with Gasteiger partial charge in [-0.1, -0.05) is 30.3 Å². The molecule has 45 heavy (non-hydrogen) atoms. The van der Waals surface area contributed by atoms with Crippen molar-refractivity contribution < 1.29 is 9.53 Å². The van der Waals surface area contributed by atoms with E-state index in [9.17, 15) is 10.1 Å². The number of fused-ring (bicyclic) bond motifs is 3. The number of nitriles is 1. The van der Waals surface area contributed by atoms with Gasteiger partial charge in [-0.2, -0.15) is 15.2 Å². The number of hydrogen-bond donors (Lipinski definition) is 0. The van der Waals surface area contributed by atoms with Gasteiger partial charge in [0.25, 0.3) is 0 Å². The third kappa shape index (κ3) is 6.19. The molecule has 9 nitrogen and oxygen atoms in total. The molecule has 1 aromatic carbocycles. The number of amides is 1. The Morgan fingerprint density at radius 2 is 1.91 bits per heavy atom. The van der Waals surface area contributed by atoms with Crippen LogP contribution in [0.25, 0.3) is 0 Å². The van der Waals surface area contributed by atoms with Crippen LogP contribution in [0.1, 0.15) is 67.3 Å². The highest BCUT2D eigenvalue weighted by Gasteiger charge is 2.43. The average Bonchev–Trinajstić information content (AvgIpc) is 3.81. The second-order valence-electron chi connectivity index (χ2n) is 13.9. The maximum Gasteiger partial charge on any atom is 0.318 e. The van der Waals surface area contributed by atoms with Crippen LogP contribution in [0.4, 0.5) is 5.82 Å². The summed E-state index contributed by atoms with van der Waals surface area (Å²) < 4.78 is 6.38. The topological polar surface area (TPSA) is 88.8 Å². The van der Waals surface area contributed by atoms with E-state index in [-0.39, 0.29) is 17.4 Å². The van der Waals surface area contributed by atoms with Gasteiger partial charge >= 0.3 is 6.01 Å². The molecule has 1 spiro atoms. The summed E-state index contributed by atoms with van der Waals surface area (Å²) in [6.45, 7) is 6.54. The van der Waals surface area contributed by atoms with E-state index in [2.05, 4.69) is 52.1 Å². The summed E-state index contributed by atoms with van der Waals surface area (Å²) in [4.78, 5) is 32.4. The van der Waals surface area contributed by atoms with Gasteiger partial charge in [0.2, 0.25) is 5.91 Å². The third-order valence-corrected chi connectivity index (χ3v) is 11.2. The predicted octanol–water partition coefficient (Wildman–Crippen LogP) is 3.91. The largest absolute Gasteiger partial charge is 0.462 e. The smallest absolute Gasteiger partial charge is 0.318 e. The Balaban J connectivity index is 1.14. The molecule has 0 bridgehead atoms. The first-order chi connectivity index (χ1) is 22.0. The van der Waals surface area contributed by atoms with Crippen molar-refractivity contribution in [2.45, 2.75) is 81.7 Å². The minimum absolute atomic E-state index is 0.00496.